The first-order valence-electron chi connectivity index (χ1n) is 22.4. The predicted molar refractivity (Wildman–Crippen MR) is 259 cm³/mol. The number of rotatable bonds is 8. The van der Waals surface area contributed by atoms with Gasteiger partial charge in [0.15, 0.2) is 40.9 Å². The van der Waals surface area contributed by atoms with Gasteiger partial charge in [0.2, 0.25) is 0 Å². The summed E-state index contributed by atoms with van der Waals surface area (Å²) < 4.78 is 19.1. The molecule has 19 nitrogen and oxygen atoms in total. The summed E-state index contributed by atoms with van der Waals surface area (Å²) in [7, 11) is 1.80. The van der Waals surface area contributed by atoms with E-state index in [1.165, 1.54) is 145 Å². The molecule has 4 aromatic heterocycles. The molecule has 6 heterocycles. The average molecular weight is 1040 g/mol. The van der Waals surface area contributed by atoms with Crippen LogP contribution in [0.15, 0.2) is 25.3 Å². The Balaban J connectivity index is 0. The minimum absolute atomic E-state index is 0. The van der Waals surface area contributed by atoms with Crippen LogP contribution >= 0.6 is 0 Å². The second kappa shape index (κ2) is 34.7. The van der Waals surface area contributed by atoms with Gasteiger partial charge in [-0.2, -0.15) is 0 Å². The van der Waals surface area contributed by atoms with Crippen molar-refractivity contribution in [1.82, 2.24) is 39.0 Å². The summed E-state index contributed by atoms with van der Waals surface area (Å²) >= 11 is 0. The van der Waals surface area contributed by atoms with Gasteiger partial charge in [0.05, 0.1) is 32.0 Å². The van der Waals surface area contributed by atoms with E-state index in [4.69, 9.17) is 25.1 Å². The van der Waals surface area contributed by atoms with Crippen LogP contribution < -0.4 is 11.1 Å². The fourth-order valence-corrected chi connectivity index (χ4v) is 8.79. The molecule has 2 aliphatic heterocycles. The molecule has 0 spiro atoms. The van der Waals surface area contributed by atoms with E-state index in [1.807, 2.05) is 0 Å². The van der Waals surface area contributed by atoms with Crippen LogP contribution in [0.25, 0.3) is 22.3 Å². The quantitative estimate of drug-likeness (QED) is 0.0746. The number of ether oxygens (including phenoxy) is 3. The van der Waals surface area contributed by atoms with E-state index < -0.39 is 55.7 Å². The fraction of sp³-hybridized carbons (Fsp3) is 0.702. The van der Waals surface area contributed by atoms with Gasteiger partial charge in [-0.3, -0.25) is 9.13 Å². The largest absolute Gasteiger partial charge is 2.00 e. The van der Waals surface area contributed by atoms with Crippen molar-refractivity contribution in [3.05, 3.63) is 55.0 Å². The van der Waals surface area contributed by atoms with Crippen LogP contribution in [0, 0.1) is 35.6 Å². The summed E-state index contributed by atoms with van der Waals surface area (Å²) in [5, 5.41) is 61.5. The molecule has 10 rings (SSSR count). The van der Waals surface area contributed by atoms with Crippen LogP contribution in [0.4, 0.5) is 11.6 Å². The van der Waals surface area contributed by atoms with Crippen molar-refractivity contribution in [2.75, 3.05) is 37.9 Å². The minimum Gasteiger partial charge on any atom is -0.394 e. The molecule has 8 atom stereocenters. The van der Waals surface area contributed by atoms with E-state index in [2.05, 4.69) is 35.2 Å². The number of hydrogen-bond donors (Lipinski definition) is 8. The molecule has 4 aromatic rings. The molecular formula is C47H84Fe2N10O9. The van der Waals surface area contributed by atoms with Crippen molar-refractivity contribution in [3.63, 3.8) is 0 Å². The number of aromatic nitrogens is 8. The Morgan fingerprint density at radius 2 is 0.985 bits per heavy atom. The molecule has 6 aliphatic rings. The van der Waals surface area contributed by atoms with Gasteiger partial charge in [0.25, 0.3) is 0 Å². The van der Waals surface area contributed by atoms with E-state index in [-0.39, 0.29) is 83.7 Å². The zero-order chi connectivity index (χ0) is 43.1. The zero-order valence-electron chi connectivity index (χ0n) is 40.2. The van der Waals surface area contributed by atoms with Gasteiger partial charge in [-0.1, -0.05) is 97.3 Å². The molecule has 0 bridgehead atoms. The van der Waals surface area contributed by atoms with E-state index in [1.54, 1.807) is 11.7 Å². The summed E-state index contributed by atoms with van der Waals surface area (Å²) in [6.45, 7) is 0.0931. The molecule has 392 valence electrons. The monoisotopic (exact) mass is 1040 g/mol. The second-order valence-electron chi connectivity index (χ2n) is 16.8. The summed E-state index contributed by atoms with van der Waals surface area (Å²) in [5.41, 5.74) is 7.55. The number of aliphatic hydroxyl groups is 6. The van der Waals surface area contributed by atoms with E-state index >= 15 is 0 Å². The van der Waals surface area contributed by atoms with E-state index in [9.17, 15) is 25.5 Å². The number of nitrogen functional groups attached to an aromatic ring is 1. The van der Waals surface area contributed by atoms with Crippen LogP contribution in [0.1, 0.15) is 135 Å². The van der Waals surface area contributed by atoms with Crippen molar-refractivity contribution < 1.29 is 79.0 Å². The molecule has 9 N–H and O–H groups in total. The van der Waals surface area contributed by atoms with Crippen molar-refractivity contribution in [2.45, 2.75) is 178 Å². The molecule has 4 saturated carbocycles. The minimum atomic E-state index is -1.19. The Morgan fingerprint density at radius 3 is 1.38 bits per heavy atom. The molecule has 0 amide bonds. The number of imidazole rings is 2. The number of methoxy groups -OCH3 is 1. The maximum atomic E-state index is 10.2. The van der Waals surface area contributed by atoms with Crippen molar-refractivity contribution >= 4 is 34.0 Å². The Labute approximate surface area is 427 Å². The molecule has 0 radical (unpaired) electrons. The Hall–Kier alpha value is -2.62. The third-order valence-corrected chi connectivity index (χ3v) is 12.5. The number of aliphatic hydroxyl groups excluding tert-OH is 6. The van der Waals surface area contributed by atoms with E-state index in [0.29, 0.717) is 40.2 Å². The van der Waals surface area contributed by atoms with Gasteiger partial charge in [0, 0.05) is 13.7 Å². The Kier molecular flexibility index (Phi) is 34.4. The summed E-state index contributed by atoms with van der Waals surface area (Å²) in [5.74, 6) is 1.53. The van der Waals surface area contributed by atoms with Gasteiger partial charge in [0.1, 0.15) is 54.8 Å². The number of nitrogens with zero attached hydrogens (tertiary/aromatic N) is 8. The summed E-state index contributed by atoms with van der Waals surface area (Å²) in [6.07, 6.45) is 23.5. The standard InChI is InChI=1S/C16H23N5O4.C10H13N5O4.C6H12O.2C5H10.CH4.4CH3.2Fe/c22-6-10-12(23)13(24)16(25-10)21-8-20-11-14(18-7-19-15(11)21)17-5-9-3-1-2-4-9;11-8-5-9(13-2-12-8)15(3-14-5)10-7(18)6(17)4(1-16)19-10;1-7-6-4-2-3-5-6;2*1-2-4-5-3-1;;;;;;;/h7-10,12-13,16,22-24H,1-6H2,(H,17,18,19);2-4,6-7,10,16-18H,1H2,(H2,11,12,13);6H,2-5H2,1H3;2*1-5H2;1H4;4*1H3;;/q;;;;;;4*-1;2*+2/t10-,12?,13+,16-;4-,6?,7+,10-;;;;;;;;;;/m11........../s1. The molecule has 2 unspecified atom stereocenters. The van der Waals surface area contributed by atoms with Gasteiger partial charge in [-0.15, -0.1) is 0 Å². The molecule has 2 saturated heterocycles. The smallest absolute Gasteiger partial charge is 0.394 e. The molecule has 21 heteroatoms. The Bertz CT molecular complexity index is 1860. The van der Waals surface area contributed by atoms with Gasteiger partial charge in [-0.25, -0.2) is 29.9 Å². The maximum Gasteiger partial charge on any atom is 2.00 e. The van der Waals surface area contributed by atoms with Gasteiger partial charge >= 0.3 is 34.1 Å². The van der Waals surface area contributed by atoms with Crippen LogP contribution in [0.5, 0.6) is 0 Å². The topological polar surface area (TPSA) is 274 Å². The first-order chi connectivity index (χ1) is 29.7. The molecule has 4 aliphatic carbocycles. The predicted octanol–water partition coefficient (Wildman–Crippen LogP) is 5.97. The van der Waals surface area contributed by atoms with Crippen molar-refractivity contribution in [2.24, 2.45) is 5.92 Å². The number of anilines is 2. The van der Waals surface area contributed by atoms with E-state index in [0.717, 1.165) is 6.54 Å². The first-order valence-corrected chi connectivity index (χ1v) is 22.4. The first kappa shape index (κ1) is 67.5. The van der Waals surface area contributed by atoms with Crippen LogP contribution in [-0.2, 0) is 48.3 Å². The summed E-state index contributed by atoms with van der Waals surface area (Å²) in [6, 6.07) is 0. The van der Waals surface area contributed by atoms with Gasteiger partial charge < -0.3 is 85.6 Å². The third-order valence-electron chi connectivity index (χ3n) is 12.5. The average Bonchev–Trinajstić information content (AvgIpc) is 4.13. The Morgan fingerprint density at radius 1 is 0.588 bits per heavy atom. The molecule has 0 aromatic carbocycles. The number of nitrogens with two attached hydrogens (primary N) is 1. The van der Waals surface area contributed by atoms with Crippen LogP contribution in [-0.4, -0.2) is 139 Å². The fourth-order valence-electron chi connectivity index (χ4n) is 8.79. The van der Waals surface area contributed by atoms with Crippen LogP contribution in [0.3, 0.4) is 0 Å². The third kappa shape index (κ3) is 17.6. The number of fused-ring (bicyclic) bond motifs is 2. The van der Waals surface area contributed by atoms with Crippen molar-refractivity contribution in [1.29, 1.82) is 0 Å². The van der Waals surface area contributed by atoms with Crippen LogP contribution in [0.2, 0.25) is 0 Å². The SMILES string of the molecule is C.C1CCCC1.C1CCCC1.COC1CCCC1.Nc1ncnc2c1ncn2[C@@H]1O[C@H](CO)C(O)[C@@H]1O.OC[C@H]1O[C@@H](n2cnc3c(NCC4CCCC4)ncnc32)[C@@H](O)C1O.[CH3-].[CH3-].[CH3-].[CH3-].[Fe+2].[Fe+2]. The summed E-state index contributed by atoms with van der Waals surface area (Å²) in [4.78, 5) is 24.8. The zero-order valence-corrected chi connectivity index (χ0v) is 42.4. The molecular weight excluding hydrogens is 960 g/mol. The maximum absolute atomic E-state index is 10.2. The second-order valence-corrected chi connectivity index (χ2v) is 16.8. The van der Waals surface area contributed by atoms with Crippen molar-refractivity contribution in [3.8, 4) is 0 Å². The molecule has 68 heavy (non-hydrogen) atoms. The van der Waals surface area contributed by atoms with Gasteiger partial charge in [-0.05, 0) is 31.6 Å². The number of hydrogen-bond acceptors (Lipinski definition) is 17. The normalized spacial score (nSPS) is 25.8. The molecule has 6 fully saturated rings. The number of nitrogens with one attached hydrogen (secondary N) is 1.